The molecule has 0 fully saturated rings. The van der Waals surface area contributed by atoms with Crippen molar-refractivity contribution in [2.45, 2.75) is 9.79 Å². The molecule has 12 aromatic rings. The number of hydrogen-bond acceptors (Lipinski definition) is 6. The molecule has 0 unspecified atom stereocenters. The van der Waals surface area contributed by atoms with Crippen LogP contribution in [0.25, 0.3) is 108 Å². The van der Waals surface area contributed by atoms with Gasteiger partial charge >= 0.3 is 37.7 Å². The van der Waals surface area contributed by atoms with Crippen LogP contribution >= 0.6 is 0 Å². The molecular weight excluding hydrogens is 825 g/mol. The average Bonchev–Trinajstić information content (AvgIpc) is 3.27. The average molecular weight is 855 g/mol. The van der Waals surface area contributed by atoms with Crippen LogP contribution in [0.5, 0.6) is 0 Å². The summed E-state index contributed by atoms with van der Waals surface area (Å²) in [6.07, 6.45) is 0. The van der Waals surface area contributed by atoms with Gasteiger partial charge in [-0.15, -0.1) is 0 Å². The van der Waals surface area contributed by atoms with Gasteiger partial charge in [0.15, 0.2) is 0 Å². The second-order valence-electron chi connectivity index (χ2n) is 15.1. The van der Waals surface area contributed by atoms with Gasteiger partial charge in [-0.1, -0.05) is 170 Å². The first-order chi connectivity index (χ1) is 29.1. The van der Waals surface area contributed by atoms with Gasteiger partial charge < -0.3 is 9.11 Å². The van der Waals surface area contributed by atoms with Gasteiger partial charge in [-0.05, 0) is 109 Å². The Bertz CT molecular complexity index is 3750. The van der Waals surface area contributed by atoms with Crippen LogP contribution in [-0.2, 0) is 20.2 Å². The molecule has 0 heterocycles. The van der Waals surface area contributed by atoms with Crippen LogP contribution in [0.1, 0.15) is 0 Å². The molecule has 0 aliphatic heterocycles. The van der Waals surface area contributed by atoms with Crippen molar-refractivity contribution in [2.75, 3.05) is 0 Å². The van der Waals surface area contributed by atoms with Crippen LogP contribution in [0, 0.1) is 0 Å². The van der Waals surface area contributed by atoms with E-state index in [2.05, 4.69) is 60.7 Å². The molecule has 61 heavy (non-hydrogen) atoms. The van der Waals surface area contributed by atoms with Crippen LogP contribution in [0.4, 0.5) is 0 Å². The van der Waals surface area contributed by atoms with Gasteiger partial charge in [0.25, 0.3) is 0 Å². The van der Waals surface area contributed by atoms with E-state index in [-0.39, 0.29) is 47.5 Å². The standard InChI is InChI=1S/2C26H16O3S.Ca/c2*27-30(28,29)23-11-5-10-20-22-15-14-17-13-12-16-6-1-2-7-18(16)24(17)26(22)21-9-4-3-8-19(21)25(20)23;/h2*1-15H,(H,27,28,29);/q;;+2/p-2. The topological polar surface area (TPSA) is 114 Å². The molecule has 0 saturated heterocycles. The molecule has 0 aliphatic carbocycles. The fraction of sp³-hybridized carbons (Fsp3) is 0. The Labute approximate surface area is 380 Å². The molecular formula is C52H30CaO6S2. The van der Waals surface area contributed by atoms with Crippen LogP contribution in [0.15, 0.2) is 192 Å². The summed E-state index contributed by atoms with van der Waals surface area (Å²) in [6, 6.07) is 58.6. The van der Waals surface area contributed by atoms with Crippen molar-refractivity contribution in [3.63, 3.8) is 0 Å². The van der Waals surface area contributed by atoms with Crippen molar-refractivity contribution >= 4 is 166 Å². The summed E-state index contributed by atoms with van der Waals surface area (Å²) >= 11 is 0. The van der Waals surface area contributed by atoms with Crippen molar-refractivity contribution in [1.29, 1.82) is 0 Å². The second kappa shape index (κ2) is 14.8. The van der Waals surface area contributed by atoms with Gasteiger partial charge in [-0.2, -0.15) is 0 Å². The molecule has 0 radical (unpaired) electrons. The molecule has 9 heteroatoms. The summed E-state index contributed by atoms with van der Waals surface area (Å²) in [5, 5.41) is 19.1. The summed E-state index contributed by atoms with van der Waals surface area (Å²) in [5.41, 5.74) is 0. The zero-order valence-electron chi connectivity index (χ0n) is 32.3. The van der Waals surface area contributed by atoms with Gasteiger partial charge in [-0.25, -0.2) is 16.8 Å². The van der Waals surface area contributed by atoms with Gasteiger partial charge in [0.05, 0.1) is 9.79 Å². The van der Waals surface area contributed by atoms with E-state index < -0.39 is 20.2 Å². The minimum atomic E-state index is -4.62. The molecule has 12 aromatic carbocycles. The third kappa shape index (κ3) is 6.24. The molecule has 0 bridgehead atoms. The molecule has 0 aliphatic rings. The van der Waals surface area contributed by atoms with Gasteiger partial charge in [-0.3, -0.25) is 0 Å². The maximum absolute atomic E-state index is 12.1. The maximum atomic E-state index is 12.1. The normalized spacial score (nSPS) is 12.2. The Balaban J connectivity index is 0.000000144. The van der Waals surface area contributed by atoms with Crippen molar-refractivity contribution < 1.29 is 25.9 Å². The van der Waals surface area contributed by atoms with Crippen LogP contribution < -0.4 is 0 Å². The Kier molecular flexibility index (Phi) is 9.54. The van der Waals surface area contributed by atoms with Crippen LogP contribution in [-0.4, -0.2) is 63.7 Å². The molecule has 288 valence electrons. The smallest absolute Gasteiger partial charge is 0.744 e. The summed E-state index contributed by atoms with van der Waals surface area (Å²) in [7, 11) is -9.23. The van der Waals surface area contributed by atoms with Gasteiger partial charge in [0, 0.05) is 10.8 Å². The Morgan fingerprint density at radius 1 is 0.246 bits per heavy atom. The van der Waals surface area contributed by atoms with Crippen LogP contribution in [0.3, 0.4) is 0 Å². The van der Waals surface area contributed by atoms with E-state index in [9.17, 15) is 25.9 Å². The van der Waals surface area contributed by atoms with E-state index in [4.69, 9.17) is 0 Å². The fourth-order valence-electron chi connectivity index (χ4n) is 9.52. The SMILES string of the molecule is O=S(=O)([O-])c1cccc2c3ccc4ccc5ccccc5c4c3c3ccccc3c12.O=S(=O)([O-])c1cccc2c3ccc4ccc5ccccc5c4c3c3ccccc3c12.[Ca+2]. The molecule has 6 nitrogen and oxygen atoms in total. The number of fused-ring (bicyclic) bond motifs is 20. The third-order valence-corrected chi connectivity index (χ3v) is 13.7. The van der Waals surface area contributed by atoms with Crippen molar-refractivity contribution in [3.05, 3.63) is 182 Å². The molecule has 0 amide bonds. The van der Waals surface area contributed by atoms with Crippen LogP contribution in [0.2, 0.25) is 0 Å². The Hall–Kier alpha value is -5.68. The van der Waals surface area contributed by atoms with E-state index in [0.717, 1.165) is 97.0 Å². The molecule has 0 spiro atoms. The predicted molar refractivity (Wildman–Crippen MR) is 250 cm³/mol. The predicted octanol–water partition coefficient (Wildman–Crippen LogP) is 12.3. The minimum Gasteiger partial charge on any atom is -0.744 e. The van der Waals surface area contributed by atoms with E-state index in [0.29, 0.717) is 10.8 Å². The maximum Gasteiger partial charge on any atom is 2.00 e. The Morgan fingerprint density at radius 2 is 0.508 bits per heavy atom. The van der Waals surface area contributed by atoms with Crippen molar-refractivity contribution in [2.24, 2.45) is 0 Å². The minimum absolute atomic E-state index is 0. The summed E-state index contributed by atoms with van der Waals surface area (Å²) in [4.78, 5) is -0.341. The largest absolute Gasteiger partial charge is 2.00 e. The fourth-order valence-corrected chi connectivity index (χ4v) is 11.0. The molecule has 0 N–H and O–H groups in total. The molecule has 0 atom stereocenters. The number of hydrogen-bond donors (Lipinski definition) is 0. The number of benzene rings is 12. The summed E-state index contributed by atoms with van der Waals surface area (Å²) in [5.74, 6) is 0. The monoisotopic (exact) mass is 854 g/mol. The number of rotatable bonds is 2. The van der Waals surface area contributed by atoms with E-state index in [1.165, 1.54) is 12.1 Å². The quantitative estimate of drug-likeness (QED) is 0.0972. The third-order valence-electron chi connectivity index (χ3n) is 11.9. The second-order valence-corrected chi connectivity index (χ2v) is 17.8. The molecule has 0 saturated carbocycles. The first kappa shape index (κ1) is 39.5. The van der Waals surface area contributed by atoms with Crippen molar-refractivity contribution in [1.82, 2.24) is 0 Å². The van der Waals surface area contributed by atoms with Gasteiger partial charge in [0.1, 0.15) is 20.2 Å². The van der Waals surface area contributed by atoms with E-state index in [1.807, 2.05) is 97.1 Å². The zero-order valence-corrected chi connectivity index (χ0v) is 36.1. The zero-order chi connectivity index (χ0) is 40.9. The first-order valence-electron chi connectivity index (χ1n) is 19.3. The first-order valence-corrected chi connectivity index (χ1v) is 22.2. The summed E-state index contributed by atoms with van der Waals surface area (Å²) in [6.45, 7) is 0. The van der Waals surface area contributed by atoms with E-state index >= 15 is 0 Å². The van der Waals surface area contributed by atoms with E-state index in [1.54, 1.807) is 12.1 Å². The van der Waals surface area contributed by atoms with Gasteiger partial charge in [0.2, 0.25) is 0 Å². The van der Waals surface area contributed by atoms with Crippen molar-refractivity contribution in [3.8, 4) is 0 Å². The Morgan fingerprint density at radius 3 is 0.869 bits per heavy atom. The molecule has 0 aromatic heterocycles. The summed E-state index contributed by atoms with van der Waals surface area (Å²) < 4.78 is 72.3. The molecule has 12 rings (SSSR count).